The molecule has 0 aliphatic carbocycles. The van der Waals surface area contributed by atoms with Gasteiger partial charge in [0.05, 0.1) is 4.92 Å². The number of nitro benzene ring substituents is 1. The van der Waals surface area contributed by atoms with Crippen LogP contribution in [0.5, 0.6) is 0 Å². The van der Waals surface area contributed by atoms with E-state index in [-0.39, 0.29) is 11.6 Å². The minimum atomic E-state index is -0.416. The Kier molecular flexibility index (Phi) is 6.29. The molecule has 1 rings (SSSR count). The van der Waals surface area contributed by atoms with E-state index in [1.54, 1.807) is 19.1 Å². The Morgan fingerprint density at radius 2 is 2.16 bits per heavy atom. The Balaban J connectivity index is 2.56. The maximum atomic E-state index is 11.5. The summed E-state index contributed by atoms with van der Waals surface area (Å²) in [5, 5.41) is 13.6. The second kappa shape index (κ2) is 7.74. The van der Waals surface area contributed by atoms with Gasteiger partial charge in [-0.05, 0) is 25.3 Å². The van der Waals surface area contributed by atoms with Gasteiger partial charge >= 0.3 is 0 Å². The van der Waals surface area contributed by atoms with Crippen molar-refractivity contribution in [2.75, 3.05) is 5.88 Å². The summed E-state index contributed by atoms with van der Waals surface area (Å²) in [6.07, 6.45) is 1.99. The number of halogens is 1. The van der Waals surface area contributed by atoms with Crippen molar-refractivity contribution < 1.29 is 9.72 Å². The molecule has 104 valence electrons. The lowest BCUT2D eigenvalue weighted by molar-refractivity contribution is -0.385. The van der Waals surface area contributed by atoms with Crippen LogP contribution in [0.3, 0.4) is 0 Å². The predicted molar refractivity (Wildman–Crippen MR) is 74.3 cm³/mol. The highest BCUT2D eigenvalue weighted by atomic mass is 35.5. The minimum absolute atomic E-state index is 0.0592. The third-order valence-corrected chi connectivity index (χ3v) is 3.14. The van der Waals surface area contributed by atoms with Gasteiger partial charge in [0.15, 0.2) is 0 Å². The van der Waals surface area contributed by atoms with Crippen molar-refractivity contribution in [2.24, 2.45) is 0 Å². The number of nitro groups is 1. The van der Waals surface area contributed by atoms with Crippen molar-refractivity contribution in [3.05, 3.63) is 39.4 Å². The van der Waals surface area contributed by atoms with Crippen LogP contribution >= 0.6 is 11.6 Å². The van der Waals surface area contributed by atoms with Crippen LogP contribution in [0.2, 0.25) is 0 Å². The molecule has 0 unspecified atom stereocenters. The lowest BCUT2D eigenvalue weighted by Gasteiger charge is -2.08. The molecule has 0 aliphatic heterocycles. The number of nitrogens with one attached hydrogen (secondary N) is 1. The maximum Gasteiger partial charge on any atom is 0.272 e. The molecule has 0 aromatic heterocycles. The zero-order valence-corrected chi connectivity index (χ0v) is 11.6. The monoisotopic (exact) mass is 284 g/mol. The fourth-order valence-electron chi connectivity index (χ4n) is 1.72. The van der Waals surface area contributed by atoms with Crippen LogP contribution in [-0.2, 0) is 11.3 Å². The van der Waals surface area contributed by atoms with Gasteiger partial charge < -0.3 is 5.32 Å². The molecule has 0 heterocycles. The van der Waals surface area contributed by atoms with Gasteiger partial charge in [-0.1, -0.05) is 12.1 Å². The zero-order chi connectivity index (χ0) is 14.3. The van der Waals surface area contributed by atoms with Crippen LogP contribution in [-0.4, -0.2) is 16.7 Å². The van der Waals surface area contributed by atoms with E-state index in [1.165, 1.54) is 6.07 Å². The van der Waals surface area contributed by atoms with Crippen molar-refractivity contribution in [2.45, 2.75) is 32.7 Å². The van der Waals surface area contributed by atoms with Crippen LogP contribution < -0.4 is 5.32 Å². The van der Waals surface area contributed by atoms with Gasteiger partial charge in [0.25, 0.3) is 5.69 Å². The smallest absolute Gasteiger partial charge is 0.272 e. The summed E-state index contributed by atoms with van der Waals surface area (Å²) in [6.45, 7) is 2.00. The van der Waals surface area contributed by atoms with Gasteiger partial charge in [-0.2, -0.15) is 0 Å². The van der Waals surface area contributed by atoms with E-state index in [9.17, 15) is 14.9 Å². The standard InChI is InChI=1S/C13H17ClN2O3/c1-10-11(5-4-6-12(10)16(18)19)9-15-13(17)7-2-3-8-14/h4-6H,2-3,7-9H2,1H3,(H,15,17). The van der Waals surface area contributed by atoms with Gasteiger partial charge in [-0.3, -0.25) is 14.9 Å². The number of benzene rings is 1. The van der Waals surface area contributed by atoms with Gasteiger partial charge in [0.1, 0.15) is 0 Å². The topological polar surface area (TPSA) is 72.2 Å². The van der Waals surface area contributed by atoms with E-state index in [1.807, 2.05) is 0 Å². The first-order chi connectivity index (χ1) is 9.06. The first kappa shape index (κ1) is 15.4. The number of unbranched alkanes of at least 4 members (excludes halogenated alkanes) is 1. The summed E-state index contributed by atoms with van der Waals surface area (Å²) in [6, 6.07) is 4.86. The molecule has 1 aromatic rings. The lowest BCUT2D eigenvalue weighted by Crippen LogP contribution is -2.22. The molecule has 5 nitrogen and oxygen atoms in total. The summed E-state index contributed by atoms with van der Waals surface area (Å²) in [5.74, 6) is 0.494. The number of nitrogens with zero attached hydrogens (tertiary/aromatic N) is 1. The Morgan fingerprint density at radius 1 is 1.42 bits per heavy atom. The van der Waals surface area contributed by atoms with Crippen LogP contribution in [0.4, 0.5) is 5.69 Å². The number of carbonyl (C=O) groups excluding carboxylic acids is 1. The highest BCUT2D eigenvalue weighted by molar-refractivity contribution is 6.17. The second-order valence-corrected chi connectivity index (χ2v) is 4.62. The average molecular weight is 285 g/mol. The fraction of sp³-hybridized carbons (Fsp3) is 0.462. The third-order valence-electron chi connectivity index (χ3n) is 2.88. The van der Waals surface area contributed by atoms with E-state index < -0.39 is 4.92 Å². The van der Waals surface area contributed by atoms with Crippen molar-refractivity contribution >= 4 is 23.2 Å². The van der Waals surface area contributed by atoms with Crippen molar-refractivity contribution in [1.82, 2.24) is 5.32 Å². The normalized spacial score (nSPS) is 10.2. The molecule has 1 aromatic carbocycles. The first-order valence-electron chi connectivity index (χ1n) is 6.11. The summed E-state index contributed by atoms with van der Waals surface area (Å²) in [7, 11) is 0. The maximum absolute atomic E-state index is 11.5. The van der Waals surface area contributed by atoms with Gasteiger partial charge in [-0.15, -0.1) is 11.6 Å². The molecule has 6 heteroatoms. The SMILES string of the molecule is Cc1c(CNC(=O)CCCCCl)cccc1[N+](=O)[O-]. The molecule has 0 spiro atoms. The Labute approximate surface area is 117 Å². The van der Waals surface area contributed by atoms with E-state index >= 15 is 0 Å². The fourth-order valence-corrected chi connectivity index (χ4v) is 1.91. The number of rotatable bonds is 7. The minimum Gasteiger partial charge on any atom is -0.352 e. The Morgan fingerprint density at radius 3 is 2.79 bits per heavy atom. The van der Waals surface area contributed by atoms with Crippen LogP contribution in [0, 0.1) is 17.0 Å². The first-order valence-corrected chi connectivity index (χ1v) is 6.65. The average Bonchev–Trinajstić information content (AvgIpc) is 2.37. The summed E-state index contributed by atoms with van der Waals surface area (Å²) in [5.41, 5.74) is 1.43. The molecular weight excluding hydrogens is 268 g/mol. The van der Waals surface area contributed by atoms with E-state index in [4.69, 9.17) is 11.6 Å². The molecule has 19 heavy (non-hydrogen) atoms. The molecule has 0 saturated heterocycles. The molecule has 1 N–H and O–H groups in total. The lowest BCUT2D eigenvalue weighted by atomic mass is 10.1. The largest absolute Gasteiger partial charge is 0.352 e. The van der Waals surface area contributed by atoms with Crippen molar-refractivity contribution in [1.29, 1.82) is 0 Å². The Bertz CT molecular complexity index is 463. The molecule has 0 fully saturated rings. The van der Waals surface area contributed by atoms with Crippen molar-refractivity contribution in [3.63, 3.8) is 0 Å². The van der Waals surface area contributed by atoms with Crippen LogP contribution in [0.15, 0.2) is 18.2 Å². The van der Waals surface area contributed by atoms with Crippen LogP contribution in [0.1, 0.15) is 30.4 Å². The molecule has 1 amide bonds. The van der Waals surface area contributed by atoms with E-state index in [0.717, 1.165) is 18.4 Å². The van der Waals surface area contributed by atoms with Gasteiger partial charge in [0, 0.05) is 30.5 Å². The number of carbonyl (C=O) groups is 1. The quantitative estimate of drug-likeness (QED) is 0.362. The summed E-state index contributed by atoms with van der Waals surface area (Å²) in [4.78, 5) is 21.9. The highest BCUT2D eigenvalue weighted by Gasteiger charge is 2.13. The van der Waals surface area contributed by atoms with Crippen molar-refractivity contribution in [3.8, 4) is 0 Å². The molecular formula is C13H17ClN2O3. The summed E-state index contributed by atoms with van der Waals surface area (Å²) >= 11 is 5.53. The van der Waals surface area contributed by atoms with E-state index in [2.05, 4.69) is 5.32 Å². The molecule has 0 saturated carbocycles. The molecule has 0 atom stereocenters. The number of amides is 1. The Hall–Kier alpha value is -1.62. The van der Waals surface area contributed by atoms with Gasteiger partial charge in [0.2, 0.25) is 5.91 Å². The highest BCUT2D eigenvalue weighted by Crippen LogP contribution is 2.20. The molecule has 0 radical (unpaired) electrons. The van der Waals surface area contributed by atoms with Gasteiger partial charge in [-0.25, -0.2) is 0 Å². The van der Waals surface area contributed by atoms with Crippen LogP contribution in [0.25, 0.3) is 0 Å². The number of hydrogen-bond donors (Lipinski definition) is 1. The number of hydrogen-bond acceptors (Lipinski definition) is 3. The predicted octanol–water partition coefficient (Wildman–Crippen LogP) is 2.93. The molecule has 0 bridgehead atoms. The zero-order valence-electron chi connectivity index (χ0n) is 10.8. The van der Waals surface area contributed by atoms with E-state index in [0.29, 0.717) is 24.4 Å². The number of alkyl halides is 1. The summed E-state index contributed by atoms with van der Waals surface area (Å²) < 4.78 is 0. The second-order valence-electron chi connectivity index (χ2n) is 4.24. The third kappa shape index (κ3) is 4.87. The molecule has 0 aliphatic rings.